The molecule has 1 amide bonds. The van der Waals surface area contributed by atoms with Gasteiger partial charge in [-0.3, -0.25) is 19.6 Å². The molecule has 1 saturated heterocycles. The normalized spacial score (nSPS) is 22.1. The minimum atomic E-state index is -0.0237. The fourth-order valence-corrected chi connectivity index (χ4v) is 3.80. The molecule has 1 atom stereocenters. The first-order chi connectivity index (χ1) is 12.3. The van der Waals surface area contributed by atoms with Crippen LogP contribution in [0.25, 0.3) is 0 Å². The highest BCUT2D eigenvalue weighted by Gasteiger charge is 2.31. The Morgan fingerprint density at radius 2 is 1.84 bits per heavy atom. The second-order valence-electron chi connectivity index (χ2n) is 6.83. The predicted octanol–water partition coefficient (Wildman–Crippen LogP) is 2.15. The SMILES string of the molecule is O=C1Nc2ccccc2CC[C@@H]1N1CCN(Cc2ccccn2)CC1. The molecule has 0 spiro atoms. The molecule has 4 rings (SSSR count). The number of piperazine rings is 1. The maximum absolute atomic E-state index is 12.7. The Bertz CT molecular complexity index is 725. The van der Waals surface area contributed by atoms with Crippen molar-refractivity contribution in [1.82, 2.24) is 14.8 Å². The van der Waals surface area contributed by atoms with E-state index in [0.717, 1.165) is 56.9 Å². The van der Waals surface area contributed by atoms with Gasteiger partial charge in [-0.1, -0.05) is 24.3 Å². The molecule has 0 aliphatic carbocycles. The highest BCUT2D eigenvalue weighted by Crippen LogP contribution is 2.24. The van der Waals surface area contributed by atoms with Crippen molar-refractivity contribution in [2.75, 3.05) is 31.5 Å². The molecular formula is C20H24N4O. The lowest BCUT2D eigenvalue weighted by atomic mass is 10.0. The van der Waals surface area contributed by atoms with Crippen molar-refractivity contribution in [3.05, 3.63) is 59.9 Å². The Kier molecular flexibility index (Phi) is 4.76. The largest absolute Gasteiger partial charge is 0.324 e. The Labute approximate surface area is 148 Å². The summed E-state index contributed by atoms with van der Waals surface area (Å²) in [5.74, 6) is 0.142. The van der Waals surface area contributed by atoms with Crippen LogP contribution >= 0.6 is 0 Å². The number of amides is 1. The smallest absolute Gasteiger partial charge is 0.241 e. The lowest BCUT2D eigenvalue weighted by Gasteiger charge is -2.38. The lowest BCUT2D eigenvalue weighted by Crippen LogP contribution is -2.53. The number of pyridine rings is 1. The molecular weight excluding hydrogens is 312 g/mol. The van der Waals surface area contributed by atoms with E-state index in [0.29, 0.717) is 0 Å². The predicted molar refractivity (Wildman–Crippen MR) is 98.3 cm³/mol. The molecule has 1 aromatic heterocycles. The van der Waals surface area contributed by atoms with E-state index in [2.05, 4.69) is 32.2 Å². The van der Waals surface area contributed by atoms with Gasteiger partial charge in [-0.05, 0) is 36.6 Å². The van der Waals surface area contributed by atoms with E-state index in [1.807, 2.05) is 36.5 Å². The second kappa shape index (κ2) is 7.33. The van der Waals surface area contributed by atoms with E-state index in [-0.39, 0.29) is 11.9 Å². The van der Waals surface area contributed by atoms with Crippen molar-refractivity contribution in [1.29, 1.82) is 0 Å². The van der Waals surface area contributed by atoms with Gasteiger partial charge in [0.25, 0.3) is 0 Å². The van der Waals surface area contributed by atoms with Crippen LogP contribution in [0.2, 0.25) is 0 Å². The van der Waals surface area contributed by atoms with Crippen LogP contribution in [-0.2, 0) is 17.8 Å². The van der Waals surface area contributed by atoms with Crippen molar-refractivity contribution in [3.8, 4) is 0 Å². The molecule has 2 aliphatic heterocycles. The van der Waals surface area contributed by atoms with E-state index < -0.39 is 0 Å². The Hall–Kier alpha value is -2.24. The third kappa shape index (κ3) is 3.72. The van der Waals surface area contributed by atoms with Gasteiger partial charge in [-0.25, -0.2) is 0 Å². The van der Waals surface area contributed by atoms with Crippen molar-refractivity contribution in [3.63, 3.8) is 0 Å². The molecule has 0 unspecified atom stereocenters. The first-order valence-electron chi connectivity index (χ1n) is 9.05. The number of fused-ring (bicyclic) bond motifs is 1. The molecule has 25 heavy (non-hydrogen) atoms. The summed E-state index contributed by atoms with van der Waals surface area (Å²) in [5.41, 5.74) is 3.33. The highest BCUT2D eigenvalue weighted by atomic mass is 16.2. The molecule has 3 heterocycles. The Balaban J connectivity index is 1.35. The van der Waals surface area contributed by atoms with Crippen LogP contribution < -0.4 is 5.32 Å². The second-order valence-corrected chi connectivity index (χ2v) is 6.83. The van der Waals surface area contributed by atoms with E-state index in [1.54, 1.807) is 0 Å². The third-order valence-electron chi connectivity index (χ3n) is 5.22. The summed E-state index contributed by atoms with van der Waals surface area (Å²) >= 11 is 0. The summed E-state index contributed by atoms with van der Waals surface area (Å²) < 4.78 is 0. The summed E-state index contributed by atoms with van der Waals surface area (Å²) in [4.78, 5) is 21.8. The number of anilines is 1. The lowest BCUT2D eigenvalue weighted by molar-refractivity contribution is -0.122. The van der Waals surface area contributed by atoms with Crippen molar-refractivity contribution < 1.29 is 4.79 Å². The molecule has 5 heteroatoms. The number of nitrogens with zero attached hydrogens (tertiary/aromatic N) is 3. The van der Waals surface area contributed by atoms with Gasteiger partial charge in [0.05, 0.1) is 11.7 Å². The molecule has 130 valence electrons. The van der Waals surface area contributed by atoms with E-state index in [1.165, 1.54) is 5.56 Å². The average Bonchev–Trinajstić information content (AvgIpc) is 2.82. The number of carbonyl (C=O) groups is 1. The summed E-state index contributed by atoms with van der Waals surface area (Å²) in [7, 11) is 0. The van der Waals surface area contributed by atoms with E-state index in [9.17, 15) is 4.79 Å². The van der Waals surface area contributed by atoms with Crippen molar-refractivity contribution >= 4 is 11.6 Å². The summed E-state index contributed by atoms with van der Waals surface area (Å²) in [5, 5.41) is 3.12. The number of para-hydroxylation sites is 1. The molecule has 0 saturated carbocycles. The number of rotatable bonds is 3. The van der Waals surface area contributed by atoms with Gasteiger partial charge in [0.15, 0.2) is 0 Å². The molecule has 1 N–H and O–H groups in total. The first kappa shape index (κ1) is 16.2. The van der Waals surface area contributed by atoms with E-state index in [4.69, 9.17) is 0 Å². The number of aryl methyl sites for hydroxylation is 1. The highest BCUT2D eigenvalue weighted by molar-refractivity contribution is 5.96. The number of benzene rings is 1. The molecule has 0 radical (unpaired) electrons. The van der Waals surface area contributed by atoms with Gasteiger partial charge >= 0.3 is 0 Å². The zero-order valence-corrected chi connectivity index (χ0v) is 14.4. The Morgan fingerprint density at radius 3 is 2.64 bits per heavy atom. The van der Waals surface area contributed by atoms with Gasteiger partial charge in [0.1, 0.15) is 0 Å². The van der Waals surface area contributed by atoms with Gasteiger partial charge in [-0.2, -0.15) is 0 Å². The third-order valence-corrected chi connectivity index (χ3v) is 5.22. The van der Waals surface area contributed by atoms with Crippen LogP contribution in [0.5, 0.6) is 0 Å². The minimum Gasteiger partial charge on any atom is -0.324 e. The monoisotopic (exact) mass is 336 g/mol. The molecule has 0 bridgehead atoms. The number of hydrogen-bond acceptors (Lipinski definition) is 4. The van der Waals surface area contributed by atoms with Crippen molar-refractivity contribution in [2.24, 2.45) is 0 Å². The van der Waals surface area contributed by atoms with Crippen LogP contribution in [0.15, 0.2) is 48.7 Å². The molecule has 2 aliphatic rings. The number of nitrogens with one attached hydrogen (secondary N) is 1. The molecule has 5 nitrogen and oxygen atoms in total. The standard InChI is InChI=1S/C20H24N4O/c25-20-19(9-8-16-5-1-2-7-18(16)22-20)24-13-11-23(12-14-24)15-17-6-3-4-10-21-17/h1-7,10,19H,8-9,11-15H2,(H,22,25)/t19-/m0/s1. The summed E-state index contributed by atoms with van der Waals surface area (Å²) in [6.07, 6.45) is 3.69. The molecule has 2 aromatic rings. The van der Waals surface area contributed by atoms with Crippen LogP contribution in [-0.4, -0.2) is 52.9 Å². The van der Waals surface area contributed by atoms with Gasteiger partial charge in [-0.15, -0.1) is 0 Å². The molecule has 1 fully saturated rings. The van der Waals surface area contributed by atoms with Crippen LogP contribution in [0, 0.1) is 0 Å². The quantitative estimate of drug-likeness (QED) is 0.933. The fourth-order valence-electron chi connectivity index (χ4n) is 3.80. The van der Waals surface area contributed by atoms with Gasteiger partial charge < -0.3 is 5.32 Å². The Morgan fingerprint density at radius 1 is 1.04 bits per heavy atom. The zero-order chi connectivity index (χ0) is 17.1. The minimum absolute atomic E-state index is 0.0237. The maximum atomic E-state index is 12.7. The number of aromatic nitrogens is 1. The topological polar surface area (TPSA) is 48.5 Å². The first-order valence-corrected chi connectivity index (χ1v) is 9.05. The van der Waals surface area contributed by atoms with Crippen LogP contribution in [0.1, 0.15) is 17.7 Å². The van der Waals surface area contributed by atoms with Crippen LogP contribution in [0.4, 0.5) is 5.69 Å². The van der Waals surface area contributed by atoms with Crippen molar-refractivity contribution in [2.45, 2.75) is 25.4 Å². The molecule has 1 aromatic carbocycles. The summed E-state index contributed by atoms with van der Waals surface area (Å²) in [6, 6.07) is 14.2. The average molecular weight is 336 g/mol. The van der Waals surface area contributed by atoms with Gasteiger partial charge in [0, 0.05) is 44.6 Å². The maximum Gasteiger partial charge on any atom is 0.241 e. The number of carbonyl (C=O) groups excluding carboxylic acids is 1. The zero-order valence-electron chi connectivity index (χ0n) is 14.4. The fraction of sp³-hybridized carbons (Fsp3) is 0.400. The summed E-state index contributed by atoms with van der Waals surface area (Å²) in [6.45, 7) is 4.71. The van der Waals surface area contributed by atoms with Gasteiger partial charge in [0.2, 0.25) is 5.91 Å². The number of hydrogen-bond donors (Lipinski definition) is 1. The van der Waals surface area contributed by atoms with E-state index >= 15 is 0 Å². The van der Waals surface area contributed by atoms with Crippen LogP contribution in [0.3, 0.4) is 0 Å².